The number of nitrogens with one attached hydrogen (secondary N) is 1. The van der Waals surface area contributed by atoms with Gasteiger partial charge < -0.3 is 10.1 Å². The average Bonchev–Trinajstić information content (AvgIpc) is 2.88. The van der Waals surface area contributed by atoms with Crippen LogP contribution in [0.4, 0.5) is 10.1 Å². The van der Waals surface area contributed by atoms with E-state index in [1.807, 2.05) is 12.2 Å². The normalized spacial score (nSPS) is 21.2. The van der Waals surface area contributed by atoms with Crippen molar-refractivity contribution in [3.8, 4) is 0 Å². The number of halogens is 1. The Labute approximate surface area is 155 Å². The first-order valence-corrected chi connectivity index (χ1v) is 8.58. The lowest BCUT2D eigenvalue weighted by Crippen LogP contribution is -2.37. The molecule has 2 atom stereocenters. The van der Waals surface area contributed by atoms with E-state index in [0.717, 1.165) is 11.0 Å². The predicted octanol–water partition coefficient (Wildman–Crippen LogP) is 1.57. The Morgan fingerprint density at radius 2 is 1.81 bits per heavy atom. The van der Waals surface area contributed by atoms with Crippen molar-refractivity contribution in [2.75, 3.05) is 18.5 Å². The number of imide groups is 1. The lowest BCUT2D eigenvalue weighted by atomic mass is 9.85. The van der Waals surface area contributed by atoms with Gasteiger partial charge in [-0.2, -0.15) is 0 Å². The fourth-order valence-electron chi connectivity index (χ4n) is 3.21. The second kappa shape index (κ2) is 7.69. The van der Waals surface area contributed by atoms with E-state index >= 15 is 0 Å². The van der Waals surface area contributed by atoms with Gasteiger partial charge in [0.1, 0.15) is 12.4 Å². The highest BCUT2D eigenvalue weighted by molar-refractivity contribution is 6.07. The number of nitrogens with zero attached hydrogens (tertiary/aromatic N) is 1. The van der Waals surface area contributed by atoms with Crippen LogP contribution in [0.1, 0.15) is 18.4 Å². The second-order valence-electron chi connectivity index (χ2n) is 6.59. The summed E-state index contributed by atoms with van der Waals surface area (Å²) in [6.07, 6.45) is 4.67. The van der Waals surface area contributed by atoms with Crippen molar-refractivity contribution in [1.29, 1.82) is 0 Å². The number of allylic oxidation sites excluding steroid dienone is 2. The molecule has 1 saturated heterocycles. The van der Waals surface area contributed by atoms with E-state index in [4.69, 9.17) is 4.74 Å². The Hall–Kier alpha value is -3.03. The lowest BCUT2D eigenvalue weighted by Gasteiger charge is -2.14. The van der Waals surface area contributed by atoms with E-state index in [0.29, 0.717) is 18.4 Å². The number of esters is 1. The second-order valence-corrected chi connectivity index (χ2v) is 6.59. The largest absolute Gasteiger partial charge is 0.454 e. The molecule has 1 aliphatic heterocycles. The molecule has 27 heavy (non-hydrogen) atoms. The molecule has 1 heterocycles. The summed E-state index contributed by atoms with van der Waals surface area (Å²) < 4.78 is 18.3. The van der Waals surface area contributed by atoms with Crippen molar-refractivity contribution in [2.24, 2.45) is 11.8 Å². The number of hydrogen-bond acceptors (Lipinski definition) is 5. The number of fused-ring (bicyclic) bond motifs is 1. The molecule has 7 nitrogen and oxygen atoms in total. The first-order chi connectivity index (χ1) is 12.9. The first-order valence-electron chi connectivity index (χ1n) is 8.58. The van der Waals surface area contributed by atoms with E-state index < -0.39 is 42.7 Å². The summed E-state index contributed by atoms with van der Waals surface area (Å²) in [4.78, 5) is 49.2. The molecule has 2 aliphatic rings. The van der Waals surface area contributed by atoms with Gasteiger partial charge >= 0.3 is 5.97 Å². The molecule has 0 aromatic heterocycles. The van der Waals surface area contributed by atoms with Crippen LogP contribution in [0.15, 0.2) is 30.4 Å². The molecule has 0 radical (unpaired) electrons. The van der Waals surface area contributed by atoms with Crippen molar-refractivity contribution in [3.63, 3.8) is 0 Å². The van der Waals surface area contributed by atoms with Crippen molar-refractivity contribution in [1.82, 2.24) is 4.90 Å². The predicted molar refractivity (Wildman–Crippen MR) is 92.8 cm³/mol. The molecule has 1 N–H and O–H groups in total. The van der Waals surface area contributed by atoms with Crippen LogP contribution in [0.5, 0.6) is 0 Å². The van der Waals surface area contributed by atoms with Gasteiger partial charge in [0.05, 0.1) is 11.8 Å². The van der Waals surface area contributed by atoms with Crippen LogP contribution in [0.3, 0.4) is 0 Å². The van der Waals surface area contributed by atoms with Crippen molar-refractivity contribution in [2.45, 2.75) is 19.8 Å². The molecule has 1 fully saturated rings. The van der Waals surface area contributed by atoms with Crippen molar-refractivity contribution < 1.29 is 28.3 Å². The van der Waals surface area contributed by atoms with Gasteiger partial charge in [-0.1, -0.05) is 18.2 Å². The zero-order chi connectivity index (χ0) is 19.6. The summed E-state index contributed by atoms with van der Waals surface area (Å²) in [6, 6.07) is 4.19. The molecule has 0 saturated carbocycles. The molecular weight excluding hydrogens is 355 g/mol. The van der Waals surface area contributed by atoms with Crippen LogP contribution < -0.4 is 5.32 Å². The van der Waals surface area contributed by atoms with Crippen LogP contribution in [-0.4, -0.2) is 41.7 Å². The number of benzene rings is 1. The van der Waals surface area contributed by atoms with Gasteiger partial charge in [0.15, 0.2) is 6.61 Å². The number of aryl methyl sites for hydroxylation is 1. The minimum atomic E-state index is -0.853. The Balaban J connectivity index is 1.49. The third kappa shape index (κ3) is 4.05. The highest BCUT2D eigenvalue weighted by Gasteiger charge is 2.47. The SMILES string of the molecule is Cc1ccc(NC(=O)COC(=O)CN2C(=O)[C@H]3CC=CC[C@@H]3C2=O)cc1F. The van der Waals surface area contributed by atoms with E-state index in [9.17, 15) is 23.6 Å². The fourth-order valence-corrected chi connectivity index (χ4v) is 3.21. The molecular formula is C19H19FN2O5. The highest BCUT2D eigenvalue weighted by atomic mass is 19.1. The summed E-state index contributed by atoms with van der Waals surface area (Å²) in [5.74, 6) is -3.58. The van der Waals surface area contributed by atoms with E-state index in [-0.39, 0.29) is 17.5 Å². The van der Waals surface area contributed by atoms with Gasteiger partial charge in [-0.25, -0.2) is 4.39 Å². The zero-order valence-electron chi connectivity index (χ0n) is 14.7. The smallest absolute Gasteiger partial charge is 0.326 e. The number of carbonyl (C=O) groups excluding carboxylic acids is 4. The molecule has 0 unspecified atom stereocenters. The van der Waals surface area contributed by atoms with Gasteiger partial charge in [0.2, 0.25) is 11.8 Å². The molecule has 3 amide bonds. The molecule has 1 aromatic rings. The minimum absolute atomic E-state index is 0.237. The van der Waals surface area contributed by atoms with Crippen molar-refractivity contribution in [3.05, 3.63) is 41.7 Å². The molecule has 8 heteroatoms. The zero-order valence-corrected chi connectivity index (χ0v) is 14.7. The molecule has 1 aromatic carbocycles. The number of ether oxygens (including phenoxy) is 1. The summed E-state index contributed by atoms with van der Waals surface area (Å²) >= 11 is 0. The molecule has 1 aliphatic carbocycles. The van der Waals surface area contributed by atoms with Crippen LogP contribution >= 0.6 is 0 Å². The number of anilines is 1. The van der Waals surface area contributed by atoms with Crippen LogP contribution in [-0.2, 0) is 23.9 Å². The topological polar surface area (TPSA) is 92.8 Å². The molecule has 0 bridgehead atoms. The van der Waals surface area contributed by atoms with Gasteiger partial charge in [-0.15, -0.1) is 0 Å². The van der Waals surface area contributed by atoms with Gasteiger partial charge in [0, 0.05) is 5.69 Å². The van der Waals surface area contributed by atoms with E-state index in [1.165, 1.54) is 12.1 Å². The number of carbonyl (C=O) groups is 4. The van der Waals surface area contributed by atoms with Crippen molar-refractivity contribution >= 4 is 29.4 Å². The molecule has 142 valence electrons. The monoisotopic (exact) mass is 374 g/mol. The molecule has 0 spiro atoms. The Morgan fingerprint density at radius 1 is 1.19 bits per heavy atom. The molecule has 3 rings (SSSR count). The van der Waals surface area contributed by atoms with Crippen LogP contribution in [0.2, 0.25) is 0 Å². The number of rotatable bonds is 5. The maximum atomic E-state index is 13.5. The van der Waals surface area contributed by atoms with Gasteiger partial charge in [-0.05, 0) is 37.5 Å². The quantitative estimate of drug-likeness (QED) is 0.480. The Bertz CT molecular complexity index is 809. The number of likely N-dealkylation sites (tertiary alicyclic amines) is 1. The maximum absolute atomic E-state index is 13.5. The van der Waals surface area contributed by atoms with Crippen LogP contribution in [0, 0.1) is 24.6 Å². The number of hydrogen-bond donors (Lipinski definition) is 1. The fraction of sp³-hybridized carbons (Fsp3) is 0.368. The van der Waals surface area contributed by atoms with Gasteiger partial charge in [0.25, 0.3) is 5.91 Å². The number of amides is 3. The minimum Gasteiger partial charge on any atom is -0.454 e. The summed E-state index contributed by atoms with van der Waals surface area (Å²) in [5.41, 5.74) is 0.677. The summed E-state index contributed by atoms with van der Waals surface area (Å²) in [5, 5.41) is 2.41. The standard InChI is InChI=1S/C19H19FN2O5/c1-11-6-7-12(8-15(11)20)21-16(23)10-27-17(24)9-22-18(25)13-4-2-3-5-14(13)19(22)26/h2-3,6-8,13-14H,4-5,9-10H2,1H3,(H,21,23)/t13-,14-/m0/s1. The summed E-state index contributed by atoms with van der Waals surface area (Å²) in [7, 11) is 0. The Kier molecular flexibility index (Phi) is 5.34. The lowest BCUT2D eigenvalue weighted by molar-refractivity contribution is -0.154. The van der Waals surface area contributed by atoms with E-state index in [2.05, 4.69) is 5.32 Å². The highest BCUT2D eigenvalue weighted by Crippen LogP contribution is 2.34. The average molecular weight is 374 g/mol. The van der Waals surface area contributed by atoms with Crippen LogP contribution in [0.25, 0.3) is 0 Å². The third-order valence-corrected chi connectivity index (χ3v) is 4.71. The third-order valence-electron chi connectivity index (χ3n) is 4.71. The first kappa shape index (κ1) is 18.8. The maximum Gasteiger partial charge on any atom is 0.326 e. The van der Waals surface area contributed by atoms with Gasteiger partial charge in [-0.3, -0.25) is 24.1 Å². The van der Waals surface area contributed by atoms with E-state index in [1.54, 1.807) is 6.92 Å². The summed E-state index contributed by atoms with van der Waals surface area (Å²) in [6.45, 7) is 0.478. The Morgan fingerprint density at radius 3 is 2.41 bits per heavy atom.